The van der Waals surface area contributed by atoms with Crippen LogP contribution in [0.5, 0.6) is 5.75 Å². The van der Waals surface area contributed by atoms with Crippen LogP contribution >= 0.6 is 0 Å². The molecule has 0 aliphatic heterocycles. The first-order valence-corrected chi connectivity index (χ1v) is 6.35. The molecular formula is C15H23NO2. The Kier molecular flexibility index (Phi) is 5.20. The van der Waals surface area contributed by atoms with E-state index in [1.165, 1.54) is 0 Å². The van der Waals surface area contributed by atoms with E-state index in [9.17, 15) is 4.79 Å². The van der Waals surface area contributed by atoms with E-state index in [0.717, 1.165) is 12.8 Å². The molecule has 1 aromatic carbocycles. The van der Waals surface area contributed by atoms with Gasteiger partial charge in [0, 0.05) is 6.54 Å². The molecule has 0 fully saturated rings. The van der Waals surface area contributed by atoms with Crippen LogP contribution in [0.15, 0.2) is 24.3 Å². The van der Waals surface area contributed by atoms with Crippen molar-refractivity contribution in [3.05, 3.63) is 29.8 Å². The summed E-state index contributed by atoms with van der Waals surface area (Å²) in [4.78, 5) is 12.0. The Morgan fingerprint density at radius 3 is 2.56 bits per heavy atom. The van der Waals surface area contributed by atoms with Gasteiger partial charge < -0.3 is 10.1 Å². The molecule has 0 unspecified atom stereocenters. The highest BCUT2D eigenvalue weighted by atomic mass is 16.5. The maximum Gasteiger partial charge on any atom is 0.255 e. The summed E-state index contributed by atoms with van der Waals surface area (Å²) >= 11 is 0. The highest BCUT2D eigenvalue weighted by Gasteiger charge is 2.12. The topological polar surface area (TPSA) is 38.3 Å². The third kappa shape index (κ3) is 4.78. The second-order valence-corrected chi connectivity index (χ2v) is 5.62. The summed E-state index contributed by atoms with van der Waals surface area (Å²) in [5, 5.41) is 2.93. The molecular weight excluding hydrogens is 226 g/mol. The molecule has 0 bridgehead atoms. The van der Waals surface area contributed by atoms with E-state index in [0.29, 0.717) is 23.3 Å². The van der Waals surface area contributed by atoms with E-state index < -0.39 is 0 Å². The Morgan fingerprint density at radius 1 is 1.28 bits per heavy atom. The van der Waals surface area contributed by atoms with Gasteiger partial charge in [0.1, 0.15) is 5.75 Å². The smallest absolute Gasteiger partial charge is 0.255 e. The van der Waals surface area contributed by atoms with Gasteiger partial charge in [-0.05, 0) is 30.4 Å². The van der Waals surface area contributed by atoms with Crippen LogP contribution in [0, 0.1) is 5.41 Å². The van der Waals surface area contributed by atoms with Gasteiger partial charge in [-0.15, -0.1) is 0 Å². The maximum atomic E-state index is 12.0. The molecule has 1 rings (SSSR count). The molecule has 1 aromatic rings. The minimum atomic E-state index is -0.0682. The average molecular weight is 249 g/mol. The first-order valence-electron chi connectivity index (χ1n) is 6.35. The number of methoxy groups -OCH3 is 1. The summed E-state index contributed by atoms with van der Waals surface area (Å²) in [5.74, 6) is 0.548. The van der Waals surface area contributed by atoms with Crippen molar-refractivity contribution in [3.63, 3.8) is 0 Å². The normalized spacial score (nSPS) is 11.1. The molecule has 18 heavy (non-hydrogen) atoms. The maximum absolute atomic E-state index is 12.0. The van der Waals surface area contributed by atoms with Crippen molar-refractivity contribution in [3.8, 4) is 5.75 Å². The minimum absolute atomic E-state index is 0.0682. The fourth-order valence-corrected chi connectivity index (χ4v) is 1.75. The van der Waals surface area contributed by atoms with Gasteiger partial charge in [0.2, 0.25) is 0 Å². The Bertz CT molecular complexity index is 394. The van der Waals surface area contributed by atoms with E-state index in [4.69, 9.17) is 4.74 Å². The number of ether oxygens (including phenoxy) is 1. The highest BCUT2D eigenvalue weighted by Crippen LogP contribution is 2.20. The molecule has 0 heterocycles. The van der Waals surface area contributed by atoms with Gasteiger partial charge in [-0.1, -0.05) is 32.9 Å². The summed E-state index contributed by atoms with van der Waals surface area (Å²) in [7, 11) is 1.58. The van der Waals surface area contributed by atoms with E-state index in [1.54, 1.807) is 19.2 Å². The largest absolute Gasteiger partial charge is 0.496 e. The second-order valence-electron chi connectivity index (χ2n) is 5.62. The number of carbonyl (C=O) groups is 1. The Balaban J connectivity index is 2.46. The van der Waals surface area contributed by atoms with Crippen LogP contribution in [-0.2, 0) is 0 Å². The van der Waals surface area contributed by atoms with Crippen LogP contribution in [0.2, 0.25) is 0 Å². The predicted octanol–water partition coefficient (Wildman–Crippen LogP) is 3.25. The average Bonchev–Trinajstić information content (AvgIpc) is 2.33. The third-order valence-electron chi connectivity index (χ3n) is 2.74. The fraction of sp³-hybridized carbons (Fsp3) is 0.533. The van der Waals surface area contributed by atoms with Crippen molar-refractivity contribution >= 4 is 5.91 Å². The number of para-hydroxylation sites is 1. The number of hydrogen-bond acceptors (Lipinski definition) is 2. The number of nitrogens with one attached hydrogen (secondary N) is 1. The van der Waals surface area contributed by atoms with Gasteiger partial charge in [-0.25, -0.2) is 0 Å². The number of carbonyl (C=O) groups excluding carboxylic acids is 1. The summed E-state index contributed by atoms with van der Waals surface area (Å²) in [6.45, 7) is 7.31. The Morgan fingerprint density at radius 2 is 1.94 bits per heavy atom. The molecule has 100 valence electrons. The molecule has 0 saturated carbocycles. The van der Waals surface area contributed by atoms with Crippen molar-refractivity contribution < 1.29 is 9.53 Å². The number of benzene rings is 1. The van der Waals surface area contributed by atoms with Crippen LogP contribution < -0.4 is 10.1 Å². The van der Waals surface area contributed by atoms with Crippen LogP contribution in [0.25, 0.3) is 0 Å². The zero-order valence-corrected chi connectivity index (χ0v) is 11.7. The minimum Gasteiger partial charge on any atom is -0.496 e. The zero-order chi connectivity index (χ0) is 13.6. The summed E-state index contributed by atoms with van der Waals surface area (Å²) in [6.07, 6.45) is 2.09. The second kappa shape index (κ2) is 6.43. The third-order valence-corrected chi connectivity index (χ3v) is 2.74. The molecule has 0 saturated heterocycles. The van der Waals surface area contributed by atoms with Crippen molar-refractivity contribution in [2.75, 3.05) is 13.7 Å². The molecule has 0 atom stereocenters. The SMILES string of the molecule is COc1ccccc1C(=O)NCCCC(C)(C)C. The lowest BCUT2D eigenvalue weighted by Gasteiger charge is -2.17. The highest BCUT2D eigenvalue weighted by molar-refractivity contribution is 5.96. The van der Waals surface area contributed by atoms with Crippen LogP contribution in [-0.4, -0.2) is 19.6 Å². The zero-order valence-electron chi connectivity index (χ0n) is 11.7. The molecule has 1 amide bonds. The van der Waals surface area contributed by atoms with Gasteiger partial charge >= 0.3 is 0 Å². The molecule has 0 spiro atoms. The van der Waals surface area contributed by atoms with E-state index >= 15 is 0 Å². The van der Waals surface area contributed by atoms with Crippen molar-refractivity contribution in [1.82, 2.24) is 5.32 Å². The number of hydrogen-bond donors (Lipinski definition) is 1. The quantitative estimate of drug-likeness (QED) is 0.813. The Labute approximate surface area is 110 Å². The van der Waals surface area contributed by atoms with E-state index in [2.05, 4.69) is 26.1 Å². The van der Waals surface area contributed by atoms with Gasteiger partial charge in [0.15, 0.2) is 0 Å². The molecule has 1 N–H and O–H groups in total. The van der Waals surface area contributed by atoms with Crippen molar-refractivity contribution in [2.45, 2.75) is 33.6 Å². The van der Waals surface area contributed by atoms with Gasteiger partial charge in [0.05, 0.1) is 12.7 Å². The first kappa shape index (κ1) is 14.6. The summed E-state index contributed by atoms with van der Waals surface area (Å²) in [5.41, 5.74) is 0.908. The lowest BCUT2D eigenvalue weighted by atomic mass is 9.91. The van der Waals surface area contributed by atoms with Gasteiger partial charge in [0.25, 0.3) is 5.91 Å². The monoisotopic (exact) mass is 249 g/mol. The van der Waals surface area contributed by atoms with Crippen LogP contribution in [0.4, 0.5) is 0 Å². The number of amides is 1. The summed E-state index contributed by atoms with van der Waals surface area (Å²) < 4.78 is 5.17. The van der Waals surface area contributed by atoms with Crippen LogP contribution in [0.3, 0.4) is 0 Å². The Hall–Kier alpha value is -1.51. The first-order chi connectivity index (χ1) is 8.44. The fourth-order valence-electron chi connectivity index (χ4n) is 1.75. The molecule has 3 heteroatoms. The number of rotatable bonds is 5. The molecule has 0 aromatic heterocycles. The molecule has 0 radical (unpaired) electrons. The van der Waals surface area contributed by atoms with E-state index in [-0.39, 0.29) is 5.91 Å². The van der Waals surface area contributed by atoms with Gasteiger partial charge in [-0.3, -0.25) is 4.79 Å². The van der Waals surface area contributed by atoms with Crippen molar-refractivity contribution in [1.29, 1.82) is 0 Å². The lowest BCUT2D eigenvalue weighted by Crippen LogP contribution is -2.25. The lowest BCUT2D eigenvalue weighted by molar-refractivity contribution is 0.0948. The molecule has 0 aliphatic carbocycles. The standard InChI is InChI=1S/C15H23NO2/c1-15(2,3)10-7-11-16-14(17)12-8-5-6-9-13(12)18-4/h5-6,8-9H,7,10-11H2,1-4H3,(H,16,17). The van der Waals surface area contributed by atoms with Crippen LogP contribution in [0.1, 0.15) is 44.0 Å². The van der Waals surface area contributed by atoms with E-state index in [1.807, 2.05) is 12.1 Å². The predicted molar refractivity (Wildman–Crippen MR) is 74.0 cm³/mol. The summed E-state index contributed by atoms with van der Waals surface area (Å²) in [6, 6.07) is 7.27. The van der Waals surface area contributed by atoms with Gasteiger partial charge in [-0.2, -0.15) is 0 Å². The molecule has 3 nitrogen and oxygen atoms in total. The molecule has 0 aliphatic rings. The van der Waals surface area contributed by atoms with Crippen molar-refractivity contribution in [2.24, 2.45) is 5.41 Å².